The van der Waals surface area contributed by atoms with Crippen molar-refractivity contribution in [3.8, 4) is 0 Å². The molecule has 0 spiro atoms. The molecular formula is C24H31Cl2N3O4S. The van der Waals surface area contributed by atoms with Crippen LogP contribution >= 0.6 is 23.2 Å². The molecule has 0 fully saturated rings. The van der Waals surface area contributed by atoms with Crippen LogP contribution in [0.4, 0.5) is 5.69 Å². The minimum absolute atomic E-state index is 0.0518. The molecule has 2 aromatic carbocycles. The predicted octanol–water partition coefficient (Wildman–Crippen LogP) is 4.40. The maximum absolute atomic E-state index is 13.5. The lowest BCUT2D eigenvalue weighted by molar-refractivity contribution is -0.139. The number of benzene rings is 2. The molecule has 0 saturated heterocycles. The molecule has 2 unspecified atom stereocenters. The quantitative estimate of drug-likeness (QED) is 0.495. The minimum atomic E-state index is -3.78. The lowest BCUT2D eigenvalue weighted by Crippen LogP contribution is -2.52. The van der Waals surface area contributed by atoms with E-state index in [1.54, 1.807) is 56.3 Å². The Morgan fingerprint density at radius 2 is 1.71 bits per heavy atom. The van der Waals surface area contributed by atoms with Crippen molar-refractivity contribution in [3.05, 3.63) is 63.6 Å². The molecule has 34 heavy (non-hydrogen) atoms. The maximum Gasteiger partial charge on any atom is 0.244 e. The third-order valence-electron chi connectivity index (χ3n) is 5.57. The Morgan fingerprint density at radius 1 is 1.06 bits per heavy atom. The van der Waals surface area contributed by atoms with Gasteiger partial charge in [0.1, 0.15) is 12.6 Å². The molecule has 0 aliphatic rings. The number of halogens is 2. The van der Waals surface area contributed by atoms with Gasteiger partial charge in [0.2, 0.25) is 21.8 Å². The number of aryl methyl sites for hydroxylation is 1. The summed E-state index contributed by atoms with van der Waals surface area (Å²) >= 11 is 12.2. The van der Waals surface area contributed by atoms with E-state index in [0.717, 1.165) is 17.0 Å². The molecule has 0 saturated carbocycles. The molecule has 0 radical (unpaired) electrons. The predicted molar refractivity (Wildman–Crippen MR) is 138 cm³/mol. The fourth-order valence-corrected chi connectivity index (χ4v) is 4.55. The summed E-state index contributed by atoms with van der Waals surface area (Å²) in [7, 11) is -3.78. The van der Waals surface area contributed by atoms with Gasteiger partial charge in [-0.1, -0.05) is 54.4 Å². The van der Waals surface area contributed by atoms with Crippen LogP contribution in [0.1, 0.15) is 38.3 Å². The van der Waals surface area contributed by atoms with Crippen LogP contribution < -0.4 is 9.62 Å². The van der Waals surface area contributed by atoms with Crippen LogP contribution in [0.3, 0.4) is 0 Å². The molecule has 2 rings (SSSR count). The van der Waals surface area contributed by atoms with Gasteiger partial charge < -0.3 is 10.2 Å². The lowest BCUT2D eigenvalue weighted by Gasteiger charge is -2.32. The van der Waals surface area contributed by atoms with Gasteiger partial charge in [-0.3, -0.25) is 13.9 Å². The number of rotatable bonds is 10. The topological polar surface area (TPSA) is 86.8 Å². The third-order valence-corrected chi connectivity index (χ3v) is 7.43. The van der Waals surface area contributed by atoms with Gasteiger partial charge in [-0.15, -0.1) is 0 Å². The molecule has 2 aromatic rings. The third kappa shape index (κ3) is 7.35. The van der Waals surface area contributed by atoms with Crippen molar-refractivity contribution in [2.75, 3.05) is 17.1 Å². The Hall–Kier alpha value is -2.29. The highest BCUT2D eigenvalue weighted by molar-refractivity contribution is 7.92. The molecule has 10 heteroatoms. The van der Waals surface area contributed by atoms with E-state index in [9.17, 15) is 18.0 Å². The van der Waals surface area contributed by atoms with E-state index in [4.69, 9.17) is 23.2 Å². The van der Waals surface area contributed by atoms with E-state index in [-0.39, 0.29) is 18.5 Å². The number of carbonyl (C=O) groups is 2. The first kappa shape index (κ1) is 28.0. The van der Waals surface area contributed by atoms with Crippen molar-refractivity contribution >= 4 is 50.7 Å². The van der Waals surface area contributed by atoms with Gasteiger partial charge in [-0.2, -0.15) is 0 Å². The minimum Gasteiger partial charge on any atom is -0.352 e. The first-order valence-corrected chi connectivity index (χ1v) is 13.5. The van der Waals surface area contributed by atoms with Gasteiger partial charge in [0.25, 0.3) is 0 Å². The van der Waals surface area contributed by atoms with E-state index in [1.165, 1.54) is 4.90 Å². The monoisotopic (exact) mass is 527 g/mol. The van der Waals surface area contributed by atoms with Crippen LogP contribution in [0.2, 0.25) is 10.0 Å². The van der Waals surface area contributed by atoms with Crippen molar-refractivity contribution in [2.45, 2.75) is 52.7 Å². The number of sulfonamides is 1. The summed E-state index contributed by atoms with van der Waals surface area (Å²) < 4.78 is 26.3. The number of anilines is 1. The average Bonchev–Trinajstić information content (AvgIpc) is 2.77. The highest BCUT2D eigenvalue weighted by Crippen LogP contribution is 2.25. The highest BCUT2D eigenvalue weighted by atomic mass is 35.5. The van der Waals surface area contributed by atoms with Crippen molar-refractivity contribution in [1.82, 2.24) is 10.2 Å². The van der Waals surface area contributed by atoms with Crippen LogP contribution in [0, 0.1) is 6.92 Å². The van der Waals surface area contributed by atoms with Crippen LogP contribution in [-0.2, 0) is 26.2 Å². The summed E-state index contributed by atoms with van der Waals surface area (Å²) in [6.07, 6.45) is 1.78. The summed E-state index contributed by atoms with van der Waals surface area (Å²) in [6.45, 7) is 6.81. The number of para-hydroxylation sites is 1. The summed E-state index contributed by atoms with van der Waals surface area (Å²) in [6, 6.07) is 10.9. The Kier molecular flexibility index (Phi) is 9.79. The fourth-order valence-electron chi connectivity index (χ4n) is 3.32. The molecular weight excluding hydrogens is 497 g/mol. The molecule has 186 valence electrons. The van der Waals surface area contributed by atoms with Crippen LogP contribution in [-0.4, -0.2) is 50.0 Å². The molecule has 2 amide bonds. The summed E-state index contributed by atoms with van der Waals surface area (Å²) in [5, 5.41) is 3.57. The Balaban J connectivity index is 2.42. The van der Waals surface area contributed by atoms with Crippen molar-refractivity contribution in [2.24, 2.45) is 0 Å². The Bertz CT molecular complexity index is 1140. The van der Waals surface area contributed by atoms with Crippen LogP contribution in [0.15, 0.2) is 42.5 Å². The molecule has 0 heterocycles. The van der Waals surface area contributed by atoms with Gasteiger partial charge in [0, 0.05) is 12.6 Å². The van der Waals surface area contributed by atoms with E-state index < -0.39 is 28.5 Å². The van der Waals surface area contributed by atoms with Crippen molar-refractivity contribution < 1.29 is 18.0 Å². The zero-order valence-electron chi connectivity index (χ0n) is 20.0. The first-order chi connectivity index (χ1) is 15.8. The van der Waals surface area contributed by atoms with Crippen LogP contribution in [0.5, 0.6) is 0 Å². The zero-order valence-corrected chi connectivity index (χ0v) is 22.3. The van der Waals surface area contributed by atoms with E-state index in [2.05, 4.69) is 5.32 Å². The van der Waals surface area contributed by atoms with Gasteiger partial charge in [-0.05, 0) is 56.5 Å². The second kappa shape index (κ2) is 11.9. The maximum atomic E-state index is 13.5. The van der Waals surface area contributed by atoms with Gasteiger partial charge in [0.05, 0.1) is 22.0 Å². The molecule has 0 aliphatic heterocycles. The second-order valence-corrected chi connectivity index (χ2v) is 11.0. The number of nitrogens with one attached hydrogen (secondary N) is 1. The number of hydrogen-bond donors (Lipinski definition) is 1. The normalized spacial score (nSPS) is 13.1. The first-order valence-electron chi connectivity index (χ1n) is 10.9. The standard InChI is InChI=1S/C24H31Cl2N3O4S/c1-6-17(3)27-24(31)18(4)28(14-19-11-12-20(25)21(26)13-19)23(30)15-29(34(5,32)33)22-10-8-7-9-16(22)2/h7-13,17-18H,6,14-15H2,1-5H3,(H,27,31). The van der Waals surface area contributed by atoms with Gasteiger partial charge in [-0.25, -0.2) is 8.42 Å². The van der Waals surface area contributed by atoms with Gasteiger partial charge in [0.15, 0.2) is 0 Å². The average molecular weight is 529 g/mol. The van der Waals surface area contributed by atoms with E-state index in [0.29, 0.717) is 26.9 Å². The molecule has 0 aliphatic carbocycles. The zero-order chi connectivity index (χ0) is 25.6. The molecule has 0 aromatic heterocycles. The van der Waals surface area contributed by atoms with Crippen LogP contribution in [0.25, 0.3) is 0 Å². The molecule has 1 N–H and O–H groups in total. The lowest BCUT2D eigenvalue weighted by atomic mass is 10.1. The van der Waals surface area contributed by atoms with E-state index >= 15 is 0 Å². The molecule has 0 bridgehead atoms. The summed E-state index contributed by atoms with van der Waals surface area (Å²) in [4.78, 5) is 27.8. The van der Waals surface area contributed by atoms with Crippen molar-refractivity contribution in [3.63, 3.8) is 0 Å². The SMILES string of the molecule is CCC(C)NC(=O)C(C)N(Cc1ccc(Cl)c(Cl)c1)C(=O)CN(c1ccccc1C)S(C)(=O)=O. The number of nitrogens with zero attached hydrogens (tertiary/aromatic N) is 2. The largest absolute Gasteiger partial charge is 0.352 e. The van der Waals surface area contributed by atoms with Gasteiger partial charge >= 0.3 is 0 Å². The Labute approximate surface area is 212 Å². The summed E-state index contributed by atoms with van der Waals surface area (Å²) in [5.41, 5.74) is 1.77. The molecule has 7 nitrogen and oxygen atoms in total. The van der Waals surface area contributed by atoms with Crippen molar-refractivity contribution in [1.29, 1.82) is 0 Å². The number of amides is 2. The fraction of sp³-hybridized carbons (Fsp3) is 0.417. The smallest absolute Gasteiger partial charge is 0.244 e. The second-order valence-electron chi connectivity index (χ2n) is 8.32. The number of hydrogen-bond acceptors (Lipinski definition) is 4. The molecule has 2 atom stereocenters. The number of carbonyl (C=O) groups excluding carboxylic acids is 2. The Morgan fingerprint density at radius 3 is 2.26 bits per heavy atom. The van der Waals surface area contributed by atoms with E-state index in [1.807, 2.05) is 13.8 Å². The summed E-state index contributed by atoms with van der Waals surface area (Å²) in [5.74, 6) is -0.851. The highest BCUT2D eigenvalue weighted by Gasteiger charge is 2.31.